The Labute approximate surface area is 369 Å². The van der Waals surface area contributed by atoms with E-state index < -0.39 is 177 Å². The lowest BCUT2D eigenvalue weighted by Crippen LogP contribution is -2.45. The molecule has 0 aromatic carbocycles. The van der Waals surface area contributed by atoms with E-state index in [4.69, 9.17) is 19.6 Å². The summed E-state index contributed by atoms with van der Waals surface area (Å²) < 4.78 is 92.3. The lowest BCUT2D eigenvalue weighted by atomic mass is 10.4. The van der Waals surface area contributed by atoms with Gasteiger partial charge in [0.1, 0.15) is 60.8 Å². The minimum atomic E-state index is -5.22. The van der Waals surface area contributed by atoms with Crippen LogP contribution in [0.25, 0.3) is 0 Å². The topological polar surface area (TPSA) is 794 Å². The molecule has 0 aliphatic carbocycles. The summed E-state index contributed by atoms with van der Waals surface area (Å²) in [4.78, 5) is 171. The van der Waals surface area contributed by atoms with Crippen molar-refractivity contribution in [2.45, 2.75) is 0 Å². The van der Waals surface area contributed by atoms with Crippen molar-refractivity contribution in [3.05, 3.63) is 0 Å². The third kappa shape index (κ3) is 55.2. The third-order valence-electron chi connectivity index (χ3n) is 6.69. The second-order valence-corrected chi connectivity index (χ2v) is 25.0. The summed E-state index contributed by atoms with van der Waals surface area (Å²) in [6, 6.07) is 0. The molecule has 0 spiro atoms. The molecule has 40 N–H and O–H groups in total. The lowest BCUT2D eigenvalue weighted by molar-refractivity contribution is -0.201. The summed E-state index contributed by atoms with van der Waals surface area (Å²) in [7, 11) is -41.6. The average molecular weight is 1120 g/mol. The van der Waals surface area contributed by atoms with Crippen LogP contribution in [0.2, 0.25) is 0 Å². The summed E-state index contributed by atoms with van der Waals surface area (Å²) in [5, 5.41) is 0. The molecular weight excluding hydrogens is 1040 g/mol. The molecular formula is C18H76N14O24P8. The molecule has 38 nitrogen and oxygen atoms in total. The van der Waals surface area contributed by atoms with E-state index in [-0.39, 0.29) is 49.2 Å². The van der Waals surface area contributed by atoms with Crippen LogP contribution in [0.15, 0.2) is 0 Å². The van der Waals surface area contributed by atoms with Crippen molar-refractivity contribution in [2.24, 2.45) is 0 Å². The average Bonchev–Trinajstić information content (AvgIpc) is 2.87. The van der Waals surface area contributed by atoms with Crippen molar-refractivity contribution in [3.63, 3.8) is 0 Å². The summed E-state index contributed by atoms with van der Waals surface area (Å²) >= 11 is 0. The molecule has 402 valence electrons. The Balaban J connectivity index is -0.000000540. The minimum absolute atomic E-state index is 0. The third-order valence-corrected chi connectivity index (χ3v) is 12.8. The number of hydrogen-bond acceptors (Lipinski definition) is 22. The molecule has 0 bridgehead atoms. The van der Waals surface area contributed by atoms with Crippen molar-refractivity contribution in [1.29, 1.82) is 0 Å². The van der Waals surface area contributed by atoms with Gasteiger partial charge in [-0.3, -0.25) is 29.4 Å². The highest BCUT2D eigenvalue weighted by molar-refractivity contribution is 7.52. The molecule has 0 fully saturated rings. The zero-order chi connectivity index (χ0) is 44.2. The van der Waals surface area contributed by atoms with Gasteiger partial charge in [0.15, 0.2) is 0 Å². The van der Waals surface area contributed by atoms with Crippen LogP contribution in [0.1, 0.15) is 0 Å². The van der Waals surface area contributed by atoms with E-state index in [2.05, 4.69) is 0 Å². The second kappa shape index (κ2) is 34.9. The van der Waals surface area contributed by atoms with Crippen molar-refractivity contribution in [3.8, 4) is 0 Å². The van der Waals surface area contributed by atoms with E-state index in [1.165, 1.54) is 0 Å². The number of quaternary nitrogens is 8. The molecule has 0 aromatic heterocycles. The van der Waals surface area contributed by atoms with Gasteiger partial charge in [0.2, 0.25) is 0 Å². The first-order valence-electron chi connectivity index (χ1n) is 15.2. The quantitative estimate of drug-likeness (QED) is 0.0287. The SMILES string of the molecule is O=P([O-])(O)CN(CCN(CCN(CCN(CP(=O)([O-])O)CP(=O)([O-])O)CP(=O)([O-])O)CP(=O)([O-])O)CCN(CCN(CP(=O)([O-])O)CP(=O)([O-])O)CP(=O)([O-])O.[NH4+].[NH4+].[NH4+].[NH4+].[NH4+].[NH4+].[NH4+].[NH4+]. The molecule has 8 unspecified atom stereocenters. The fraction of sp³-hybridized carbons (Fsp3) is 1.00. The predicted octanol–water partition coefficient (Wildman–Crippen LogP) is -6.17. The van der Waals surface area contributed by atoms with Crippen LogP contribution in [0, 0.1) is 0 Å². The fourth-order valence-electron chi connectivity index (χ4n) is 4.82. The molecule has 0 aliphatic heterocycles. The molecule has 0 saturated carbocycles. The Morgan fingerprint density at radius 2 is 0.297 bits per heavy atom. The highest BCUT2D eigenvalue weighted by atomic mass is 31.2. The molecule has 8 atom stereocenters. The maximum absolute atomic E-state index is 11.8. The molecule has 0 rings (SSSR count). The predicted molar refractivity (Wildman–Crippen MR) is 225 cm³/mol. The van der Waals surface area contributed by atoms with Crippen molar-refractivity contribution in [2.75, 3.05) is 116 Å². The van der Waals surface area contributed by atoms with Crippen LogP contribution in [0.4, 0.5) is 0 Å². The molecule has 0 aliphatic rings. The summed E-state index contributed by atoms with van der Waals surface area (Å²) in [5.41, 5.74) is 0. The van der Waals surface area contributed by atoms with Gasteiger partial charge in [-0.15, -0.1) is 0 Å². The first kappa shape index (κ1) is 84.6. The van der Waals surface area contributed by atoms with E-state index in [9.17, 15) is 95.2 Å². The van der Waals surface area contributed by atoms with Gasteiger partial charge >= 0.3 is 0 Å². The first-order chi connectivity index (χ1) is 24.7. The molecule has 46 heteroatoms. The van der Waals surface area contributed by atoms with E-state index in [0.29, 0.717) is 9.80 Å². The minimum Gasteiger partial charge on any atom is -0.778 e. The Morgan fingerprint density at radius 3 is 0.391 bits per heavy atom. The zero-order valence-corrected chi connectivity index (χ0v) is 44.3. The fourth-order valence-corrected chi connectivity index (χ4v) is 11.3. The van der Waals surface area contributed by atoms with Crippen molar-refractivity contribution in [1.82, 2.24) is 78.6 Å². The highest BCUT2D eigenvalue weighted by Gasteiger charge is 2.24. The van der Waals surface area contributed by atoms with Gasteiger partial charge in [-0.1, -0.05) is 0 Å². The Bertz CT molecular complexity index is 1450. The molecule has 0 aromatic rings. The number of rotatable bonds is 31. The largest absolute Gasteiger partial charge is 0.778 e. The van der Waals surface area contributed by atoms with Gasteiger partial charge < -0.3 is 164 Å². The summed E-state index contributed by atoms with van der Waals surface area (Å²) in [6.07, 6.45) is -10.2. The van der Waals surface area contributed by atoms with E-state index >= 15 is 0 Å². The number of nitrogens with zero attached hydrogens (tertiary/aromatic N) is 6. The van der Waals surface area contributed by atoms with E-state index in [1.54, 1.807) is 0 Å². The summed E-state index contributed by atoms with van der Waals surface area (Å²) in [5.74, 6) is 0. The van der Waals surface area contributed by atoms with Gasteiger partial charge in [-0.2, -0.15) is 0 Å². The van der Waals surface area contributed by atoms with Gasteiger partial charge in [0, 0.05) is 65.4 Å². The van der Waals surface area contributed by atoms with Crippen LogP contribution >= 0.6 is 60.8 Å². The summed E-state index contributed by atoms with van der Waals surface area (Å²) in [6.45, 7) is -6.05. The van der Waals surface area contributed by atoms with Crippen LogP contribution in [0.5, 0.6) is 0 Å². The normalized spacial score (nSPS) is 18.9. The van der Waals surface area contributed by atoms with Crippen LogP contribution in [-0.4, -0.2) is 184 Å². The van der Waals surface area contributed by atoms with Crippen molar-refractivity contribution < 1.29 is 115 Å². The van der Waals surface area contributed by atoms with Crippen LogP contribution in [-0.2, 0) is 36.5 Å². The molecule has 0 saturated heterocycles. The molecule has 0 heterocycles. The van der Waals surface area contributed by atoms with Crippen LogP contribution < -0.4 is 88.4 Å². The van der Waals surface area contributed by atoms with Gasteiger partial charge in [0.25, 0.3) is 0 Å². The Kier molecular flexibility index (Phi) is 46.1. The van der Waals surface area contributed by atoms with Crippen molar-refractivity contribution >= 4 is 60.8 Å². The van der Waals surface area contributed by atoms with E-state index in [1.807, 2.05) is 0 Å². The highest BCUT2D eigenvalue weighted by Crippen LogP contribution is 2.38. The Morgan fingerprint density at radius 1 is 0.219 bits per heavy atom. The maximum atomic E-state index is 11.8. The molecule has 0 radical (unpaired) electrons. The number of hydrogen-bond donors (Lipinski definition) is 16. The Hall–Kier alpha value is 0.640. The van der Waals surface area contributed by atoms with Gasteiger partial charge in [-0.05, 0) is 0 Å². The smallest absolute Gasteiger partial charge is 0.146 e. The monoisotopic (exact) mass is 1120 g/mol. The first-order valence-corrected chi connectivity index (χ1v) is 29.3. The molecule has 64 heavy (non-hydrogen) atoms. The lowest BCUT2D eigenvalue weighted by Gasteiger charge is -2.36. The van der Waals surface area contributed by atoms with Gasteiger partial charge in [0.05, 0.1) is 50.3 Å². The maximum Gasteiger partial charge on any atom is 0.146 e. The zero-order valence-electron chi connectivity index (χ0n) is 37.1. The van der Waals surface area contributed by atoms with Crippen LogP contribution in [0.3, 0.4) is 0 Å². The van der Waals surface area contributed by atoms with E-state index in [0.717, 1.165) is 19.6 Å². The second-order valence-electron chi connectivity index (χ2n) is 12.5. The van der Waals surface area contributed by atoms with Gasteiger partial charge in [-0.25, -0.2) is 0 Å². The standard InChI is InChI=1S/C18H52N6O24P8.8H3N/c25-49(26,27)11-19(3-5-21(13-51(31,32)33)7-9-23(15-53(37,38)39)16-54(40,41)42)1-2-20(12-50(28,29)30)4-6-22(14-52(34,35)36)8-10-24(17-55(43,44)45)18-56(46,47)48;;;;;;;;/h1-18H2,(H2,25,26,27)(H2,28,29,30)(H2,31,32,33)(H2,34,35,36)(H2,37,38,39)(H2,40,41,42)(H2,43,44,45)(H2,46,47,48);8*1H3. The molecule has 0 amide bonds.